The lowest BCUT2D eigenvalue weighted by atomic mass is 10.3. The molecule has 2 rings (SSSR count). The van der Waals surface area contributed by atoms with Gasteiger partial charge in [-0.3, -0.25) is 0 Å². The van der Waals surface area contributed by atoms with Gasteiger partial charge in [0.05, 0.1) is 11.0 Å². The molecule has 0 spiro atoms. The first-order chi connectivity index (χ1) is 8.70. The van der Waals surface area contributed by atoms with Crippen molar-refractivity contribution in [3.05, 3.63) is 42.4 Å². The van der Waals surface area contributed by atoms with Gasteiger partial charge in [0, 0.05) is 6.07 Å². The summed E-state index contributed by atoms with van der Waals surface area (Å²) in [4.78, 5) is 8.48. The monoisotopic (exact) mass is 248 g/mol. The molecule has 1 heterocycles. The molecule has 0 aliphatic carbocycles. The Labute approximate surface area is 106 Å². The molecule has 0 aliphatic heterocycles. The molecule has 18 heavy (non-hydrogen) atoms. The number of fused-ring (bicyclic) bond motifs is 1. The van der Waals surface area contributed by atoms with Crippen LogP contribution >= 0.6 is 0 Å². The maximum atomic E-state index is 13.0. The largest absolute Gasteiger partial charge is 0.472 e. The average Bonchev–Trinajstić information content (AvgIpc) is 2.39. The maximum absolute atomic E-state index is 13.0. The topological polar surface area (TPSA) is 35.0 Å². The van der Waals surface area contributed by atoms with Crippen LogP contribution in [0.25, 0.3) is 11.0 Å². The van der Waals surface area contributed by atoms with Crippen molar-refractivity contribution in [2.24, 2.45) is 0 Å². The van der Waals surface area contributed by atoms with E-state index in [9.17, 15) is 4.39 Å². The highest BCUT2D eigenvalue weighted by atomic mass is 19.1. The number of ether oxygens (including phenoxy) is 1. The first-order valence-corrected chi connectivity index (χ1v) is 5.88. The molecule has 0 radical (unpaired) electrons. The summed E-state index contributed by atoms with van der Waals surface area (Å²) in [5, 5.41) is 0. The number of nitrogens with zero attached hydrogens (tertiary/aromatic N) is 2. The average molecular weight is 248 g/mol. The predicted molar refractivity (Wildman–Crippen MR) is 71.3 cm³/mol. The third-order valence-corrected chi connectivity index (χ3v) is 2.10. The summed E-state index contributed by atoms with van der Waals surface area (Å²) in [6, 6.07) is 4.30. The van der Waals surface area contributed by atoms with Crippen LogP contribution in [0.3, 0.4) is 0 Å². The summed E-state index contributed by atoms with van der Waals surface area (Å²) < 4.78 is 18.3. The van der Waals surface area contributed by atoms with Gasteiger partial charge in [0.15, 0.2) is 0 Å². The van der Waals surface area contributed by atoms with Crippen LogP contribution in [0.2, 0.25) is 0 Å². The van der Waals surface area contributed by atoms with E-state index in [0.717, 1.165) is 0 Å². The standard InChI is InChI=1S/C12H11FN2O.C2H6/c1-3-6-16-12-8(2)14-10-5-4-9(13)7-11(10)15-12;1-2/h3-5,7H,1,6H2,2H3;1-2H3. The summed E-state index contributed by atoms with van der Waals surface area (Å²) >= 11 is 0. The van der Waals surface area contributed by atoms with E-state index in [4.69, 9.17) is 4.74 Å². The van der Waals surface area contributed by atoms with Gasteiger partial charge in [0.2, 0.25) is 5.88 Å². The fourth-order valence-electron chi connectivity index (χ4n) is 1.37. The van der Waals surface area contributed by atoms with E-state index in [-0.39, 0.29) is 5.82 Å². The van der Waals surface area contributed by atoms with Crippen molar-refractivity contribution in [1.82, 2.24) is 9.97 Å². The zero-order chi connectivity index (χ0) is 13.5. The van der Waals surface area contributed by atoms with Crippen LogP contribution in [0.4, 0.5) is 4.39 Å². The van der Waals surface area contributed by atoms with E-state index in [1.54, 1.807) is 19.1 Å². The lowest BCUT2D eigenvalue weighted by Crippen LogP contribution is -2.00. The third kappa shape index (κ3) is 3.26. The summed E-state index contributed by atoms with van der Waals surface area (Å²) in [5.74, 6) is 0.0818. The van der Waals surface area contributed by atoms with Crippen molar-refractivity contribution >= 4 is 11.0 Å². The van der Waals surface area contributed by atoms with Crippen LogP contribution in [-0.4, -0.2) is 16.6 Å². The zero-order valence-corrected chi connectivity index (χ0v) is 10.9. The second-order valence-corrected chi connectivity index (χ2v) is 3.35. The highest BCUT2D eigenvalue weighted by Gasteiger charge is 2.06. The lowest BCUT2D eigenvalue weighted by molar-refractivity contribution is 0.345. The van der Waals surface area contributed by atoms with Crippen LogP contribution in [0.1, 0.15) is 19.5 Å². The maximum Gasteiger partial charge on any atom is 0.236 e. The van der Waals surface area contributed by atoms with Gasteiger partial charge in [-0.25, -0.2) is 14.4 Å². The Hall–Kier alpha value is -1.97. The summed E-state index contributed by atoms with van der Waals surface area (Å²) in [5.41, 5.74) is 1.83. The molecule has 1 aromatic heterocycles. The summed E-state index contributed by atoms with van der Waals surface area (Å²) in [6.07, 6.45) is 1.62. The SMILES string of the molecule is C=CCOc1nc2cc(F)ccc2nc1C.CC. The number of halogens is 1. The molecular weight excluding hydrogens is 231 g/mol. The van der Waals surface area contributed by atoms with Crippen LogP contribution in [0.15, 0.2) is 30.9 Å². The predicted octanol–water partition coefficient (Wildman–Crippen LogP) is 3.67. The van der Waals surface area contributed by atoms with Crippen molar-refractivity contribution < 1.29 is 9.13 Å². The minimum Gasteiger partial charge on any atom is -0.472 e. The Balaban J connectivity index is 0.000000771. The van der Waals surface area contributed by atoms with Crippen LogP contribution in [-0.2, 0) is 0 Å². The molecule has 0 fully saturated rings. The molecular formula is C14H17FN2O. The van der Waals surface area contributed by atoms with Gasteiger partial charge in [-0.05, 0) is 19.1 Å². The molecule has 96 valence electrons. The van der Waals surface area contributed by atoms with Crippen molar-refractivity contribution in [3.63, 3.8) is 0 Å². The second kappa shape index (κ2) is 6.69. The van der Waals surface area contributed by atoms with E-state index < -0.39 is 0 Å². The number of aryl methyl sites for hydroxylation is 1. The van der Waals surface area contributed by atoms with E-state index in [1.807, 2.05) is 13.8 Å². The van der Waals surface area contributed by atoms with Gasteiger partial charge in [-0.2, -0.15) is 0 Å². The first kappa shape index (κ1) is 14.1. The fraction of sp³-hybridized carbons (Fsp3) is 0.286. The van der Waals surface area contributed by atoms with Gasteiger partial charge in [-0.15, -0.1) is 0 Å². The molecule has 0 unspecified atom stereocenters. The van der Waals surface area contributed by atoms with Crippen LogP contribution < -0.4 is 4.74 Å². The Kier molecular flexibility index (Phi) is 5.24. The highest BCUT2D eigenvalue weighted by molar-refractivity contribution is 5.74. The van der Waals surface area contributed by atoms with E-state index >= 15 is 0 Å². The molecule has 4 heteroatoms. The van der Waals surface area contributed by atoms with Crippen LogP contribution in [0, 0.1) is 12.7 Å². The molecule has 3 nitrogen and oxygen atoms in total. The number of rotatable bonds is 3. The molecule has 0 saturated heterocycles. The van der Waals surface area contributed by atoms with Crippen molar-refractivity contribution in [2.75, 3.05) is 6.61 Å². The zero-order valence-electron chi connectivity index (χ0n) is 10.9. The van der Waals surface area contributed by atoms with E-state index in [1.165, 1.54) is 12.1 Å². The van der Waals surface area contributed by atoms with E-state index in [0.29, 0.717) is 29.2 Å². The minimum absolute atomic E-state index is 0.333. The van der Waals surface area contributed by atoms with Crippen LogP contribution in [0.5, 0.6) is 5.88 Å². The van der Waals surface area contributed by atoms with Crippen molar-refractivity contribution in [2.45, 2.75) is 20.8 Å². The fourth-order valence-corrected chi connectivity index (χ4v) is 1.37. The Morgan fingerprint density at radius 2 is 2.00 bits per heavy atom. The van der Waals surface area contributed by atoms with Gasteiger partial charge >= 0.3 is 0 Å². The second-order valence-electron chi connectivity index (χ2n) is 3.35. The van der Waals surface area contributed by atoms with Crippen molar-refractivity contribution in [3.8, 4) is 5.88 Å². The minimum atomic E-state index is -0.333. The summed E-state index contributed by atoms with van der Waals surface area (Å²) in [6.45, 7) is 9.71. The third-order valence-electron chi connectivity index (χ3n) is 2.10. The molecule has 0 N–H and O–H groups in total. The number of hydrogen-bond acceptors (Lipinski definition) is 3. The lowest BCUT2D eigenvalue weighted by Gasteiger charge is -2.06. The molecule has 2 aromatic rings. The quantitative estimate of drug-likeness (QED) is 0.777. The molecule has 0 amide bonds. The van der Waals surface area contributed by atoms with Gasteiger partial charge < -0.3 is 4.74 Å². The Morgan fingerprint density at radius 1 is 1.28 bits per heavy atom. The first-order valence-electron chi connectivity index (χ1n) is 5.88. The Morgan fingerprint density at radius 3 is 2.67 bits per heavy atom. The van der Waals surface area contributed by atoms with E-state index in [2.05, 4.69) is 16.5 Å². The van der Waals surface area contributed by atoms with Gasteiger partial charge in [0.25, 0.3) is 0 Å². The smallest absolute Gasteiger partial charge is 0.236 e. The number of hydrogen-bond donors (Lipinski definition) is 0. The molecule has 0 bridgehead atoms. The normalized spacial score (nSPS) is 9.56. The van der Waals surface area contributed by atoms with Gasteiger partial charge in [0.1, 0.15) is 18.1 Å². The molecule has 1 aromatic carbocycles. The van der Waals surface area contributed by atoms with Gasteiger partial charge in [-0.1, -0.05) is 26.5 Å². The molecule has 0 aliphatic rings. The van der Waals surface area contributed by atoms with Crippen molar-refractivity contribution in [1.29, 1.82) is 0 Å². The summed E-state index contributed by atoms with van der Waals surface area (Å²) in [7, 11) is 0. The Bertz CT molecular complexity index is 541. The number of benzene rings is 1. The molecule has 0 atom stereocenters. The highest BCUT2D eigenvalue weighted by Crippen LogP contribution is 2.18. The molecule has 0 saturated carbocycles. The number of aromatic nitrogens is 2.